The largest absolute Gasteiger partial charge is 0.337 e. The van der Waals surface area contributed by atoms with Crippen LogP contribution in [-0.2, 0) is 14.4 Å². The smallest absolute Gasteiger partial charge is 0.246 e. The van der Waals surface area contributed by atoms with Crippen LogP contribution in [0.5, 0.6) is 0 Å². The van der Waals surface area contributed by atoms with Crippen LogP contribution in [-0.4, -0.2) is 142 Å². The summed E-state index contributed by atoms with van der Waals surface area (Å²) in [7, 11) is 0. The fourth-order valence-corrected chi connectivity index (χ4v) is 5.81. The van der Waals surface area contributed by atoms with Crippen molar-refractivity contribution >= 4 is 17.7 Å². The Morgan fingerprint density at radius 3 is 1.33 bits per heavy atom. The summed E-state index contributed by atoms with van der Waals surface area (Å²) in [5.41, 5.74) is 0. The molecule has 0 spiro atoms. The molecular weight excluding hydrogens is 528 g/mol. The van der Waals surface area contributed by atoms with Crippen LogP contribution >= 0.6 is 0 Å². The van der Waals surface area contributed by atoms with Gasteiger partial charge in [0.1, 0.15) is 0 Å². The minimum absolute atomic E-state index is 0.0541. The van der Waals surface area contributed by atoms with Gasteiger partial charge in [0.25, 0.3) is 0 Å². The molecule has 0 aromatic heterocycles. The third-order valence-electron chi connectivity index (χ3n) is 8.48. The van der Waals surface area contributed by atoms with E-state index < -0.39 is 0 Å². The molecule has 3 aliphatic rings. The molecule has 9 heteroatoms. The van der Waals surface area contributed by atoms with E-state index in [0.29, 0.717) is 24.2 Å². The van der Waals surface area contributed by atoms with Crippen LogP contribution in [0.1, 0.15) is 62.3 Å². The summed E-state index contributed by atoms with van der Waals surface area (Å²) < 4.78 is 0. The number of amides is 3. The lowest BCUT2D eigenvalue weighted by Crippen LogP contribution is -2.59. The summed E-state index contributed by atoms with van der Waals surface area (Å²) in [4.78, 5) is 47.2. The Balaban J connectivity index is 0.000000316. The Kier molecular flexibility index (Phi) is 16.3. The van der Waals surface area contributed by atoms with E-state index in [2.05, 4.69) is 96.8 Å². The first-order valence-corrected chi connectivity index (χ1v) is 15.7. The molecule has 3 fully saturated rings. The molecule has 3 rings (SSSR count). The second kappa shape index (κ2) is 18.2. The zero-order chi connectivity index (χ0) is 32.1. The Bertz CT molecular complexity index is 884. The zero-order valence-corrected chi connectivity index (χ0v) is 28.1. The third kappa shape index (κ3) is 11.3. The molecule has 0 N–H and O–H groups in total. The zero-order valence-electron chi connectivity index (χ0n) is 28.1. The van der Waals surface area contributed by atoms with Gasteiger partial charge >= 0.3 is 0 Å². The fraction of sp³-hybridized carbons (Fsp3) is 0.727. The van der Waals surface area contributed by atoms with Crippen LogP contribution in [0.25, 0.3) is 0 Å². The fourth-order valence-electron chi connectivity index (χ4n) is 5.81. The predicted molar refractivity (Wildman–Crippen MR) is 174 cm³/mol. The molecule has 0 radical (unpaired) electrons. The first-order chi connectivity index (χ1) is 19.7. The monoisotopic (exact) mass is 588 g/mol. The second-order valence-electron chi connectivity index (χ2n) is 12.5. The Morgan fingerprint density at radius 2 is 0.952 bits per heavy atom. The van der Waals surface area contributed by atoms with Crippen LogP contribution in [0.15, 0.2) is 38.0 Å². The molecule has 3 atom stereocenters. The molecule has 3 amide bonds. The molecule has 0 unspecified atom stereocenters. The maximum absolute atomic E-state index is 11.7. The molecule has 0 bridgehead atoms. The van der Waals surface area contributed by atoms with Gasteiger partial charge in [0.15, 0.2) is 0 Å². The highest BCUT2D eigenvalue weighted by Gasteiger charge is 2.32. The average Bonchev–Trinajstić information content (AvgIpc) is 2.96. The lowest BCUT2D eigenvalue weighted by molar-refractivity contribution is -0.134. The van der Waals surface area contributed by atoms with Crippen molar-refractivity contribution in [2.75, 3.05) is 58.9 Å². The van der Waals surface area contributed by atoms with Gasteiger partial charge in [-0.1, -0.05) is 19.7 Å². The van der Waals surface area contributed by atoms with E-state index in [1.54, 1.807) is 0 Å². The molecule has 42 heavy (non-hydrogen) atoms. The van der Waals surface area contributed by atoms with Gasteiger partial charge in [0, 0.05) is 95.2 Å². The van der Waals surface area contributed by atoms with Gasteiger partial charge in [0.2, 0.25) is 17.7 Å². The number of piperazine rings is 3. The molecule has 3 aliphatic heterocycles. The maximum atomic E-state index is 11.7. The van der Waals surface area contributed by atoms with E-state index in [0.717, 1.165) is 58.9 Å². The third-order valence-corrected chi connectivity index (χ3v) is 8.48. The topological polar surface area (TPSA) is 70.7 Å². The van der Waals surface area contributed by atoms with E-state index in [4.69, 9.17) is 0 Å². The van der Waals surface area contributed by atoms with Crippen molar-refractivity contribution in [2.24, 2.45) is 0 Å². The number of hydrogen-bond donors (Lipinski definition) is 0. The number of hydrogen-bond acceptors (Lipinski definition) is 6. The minimum atomic E-state index is 0.0541. The van der Waals surface area contributed by atoms with Crippen molar-refractivity contribution < 1.29 is 14.4 Å². The van der Waals surface area contributed by atoms with Crippen LogP contribution in [0.2, 0.25) is 0 Å². The lowest BCUT2D eigenvalue weighted by Gasteiger charge is -2.45. The van der Waals surface area contributed by atoms with Crippen LogP contribution < -0.4 is 0 Å². The summed E-state index contributed by atoms with van der Waals surface area (Å²) in [6.07, 6.45) is 4.21. The molecule has 3 saturated heterocycles. The van der Waals surface area contributed by atoms with Crippen molar-refractivity contribution in [3.8, 4) is 0 Å². The summed E-state index contributed by atoms with van der Waals surface area (Å²) in [5.74, 6) is 0.169. The number of carbonyl (C=O) groups excluding carboxylic acids is 3. The van der Waals surface area contributed by atoms with Gasteiger partial charge in [-0.25, -0.2) is 0 Å². The lowest BCUT2D eigenvalue weighted by atomic mass is 10.1. The second-order valence-corrected chi connectivity index (χ2v) is 12.5. The van der Waals surface area contributed by atoms with Crippen molar-refractivity contribution in [1.29, 1.82) is 0 Å². The van der Waals surface area contributed by atoms with Gasteiger partial charge < -0.3 is 14.7 Å². The standard InChI is InChI=1S/C12H22N2O.C11H20N2O.C10H18N2O/c1-6-12(15)14-10(4)7-13(9(2)3)8-11(14)5;1-5-11(14)13-7-6-12(9(2)3)8-10(13)4;1-4-10(13)12-7-5-11(6-8-12)9(2)3/h6,9-11H,1,7-8H2,2-5H3;5,9-10H,1,6-8H2,2-4H3;4,9H,1,5-8H2,2-3H3/t10-,11+;10-;/m.1./s1. The van der Waals surface area contributed by atoms with E-state index in [1.165, 1.54) is 18.2 Å². The van der Waals surface area contributed by atoms with E-state index in [1.807, 2.05) is 14.7 Å². The minimum Gasteiger partial charge on any atom is -0.337 e. The summed E-state index contributed by atoms with van der Waals surface area (Å²) >= 11 is 0. The molecule has 0 aromatic carbocycles. The Labute approximate surface area is 256 Å². The quantitative estimate of drug-likeness (QED) is 0.444. The Hall–Kier alpha value is -2.49. The SMILES string of the molecule is C=CC(=O)N1CCN(C(C)C)CC1.C=CC(=O)N1CCN(C(C)C)C[C@H]1C.C=CC(=O)N1[C@H](C)CN(C(C)C)C[C@@H]1C. The number of rotatable bonds is 6. The number of carbonyl (C=O) groups is 3. The first-order valence-electron chi connectivity index (χ1n) is 15.7. The highest BCUT2D eigenvalue weighted by atomic mass is 16.2. The van der Waals surface area contributed by atoms with Crippen LogP contribution in [0.4, 0.5) is 0 Å². The summed E-state index contributed by atoms with van der Waals surface area (Å²) in [6, 6.07) is 2.57. The van der Waals surface area contributed by atoms with Gasteiger partial charge in [-0.05, 0) is 80.5 Å². The highest BCUT2D eigenvalue weighted by Crippen LogP contribution is 2.18. The van der Waals surface area contributed by atoms with Gasteiger partial charge in [-0.2, -0.15) is 0 Å². The van der Waals surface area contributed by atoms with Crippen molar-refractivity contribution in [3.05, 3.63) is 38.0 Å². The van der Waals surface area contributed by atoms with Crippen molar-refractivity contribution in [2.45, 2.75) is 98.6 Å². The molecule has 0 aliphatic carbocycles. The first kappa shape index (κ1) is 37.5. The van der Waals surface area contributed by atoms with Gasteiger partial charge in [-0.15, -0.1) is 0 Å². The normalized spacial score (nSPS) is 24.0. The van der Waals surface area contributed by atoms with E-state index >= 15 is 0 Å². The number of nitrogens with zero attached hydrogens (tertiary/aromatic N) is 6. The van der Waals surface area contributed by atoms with Crippen molar-refractivity contribution in [1.82, 2.24) is 29.4 Å². The molecule has 240 valence electrons. The van der Waals surface area contributed by atoms with E-state index in [-0.39, 0.29) is 29.8 Å². The average molecular weight is 589 g/mol. The Morgan fingerprint density at radius 1 is 0.548 bits per heavy atom. The summed E-state index contributed by atoms with van der Waals surface area (Å²) in [6.45, 7) is 38.3. The highest BCUT2D eigenvalue weighted by molar-refractivity contribution is 5.88. The molecule has 3 heterocycles. The van der Waals surface area contributed by atoms with E-state index in [9.17, 15) is 14.4 Å². The predicted octanol–water partition coefficient (Wildman–Crippen LogP) is 3.34. The van der Waals surface area contributed by atoms with Crippen LogP contribution in [0, 0.1) is 0 Å². The maximum Gasteiger partial charge on any atom is 0.246 e. The van der Waals surface area contributed by atoms with Crippen molar-refractivity contribution in [3.63, 3.8) is 0 Å². The summed E-state index contributed by atoms with van der Waals surface area (Å²) in [5, 5.41) is 0. The van der Waals surface area contributed by atoms with Crippen LogP contribution in [0.3, 0.4) is 0 Å². The van der Waals surface area contributed by atoms with Gasteiger partial charge in [0.05, 0.1) is 0 Å². The molecule has 9 nitrogen and oxygen atoms in total. The molecule has 0 saturated carbocycles. The van der Waals surface area contributed by atoms with Gasteiger partial charge in [-0.3, -0.25) is 29.1 Å². The molecule has 0 aromatic rings. The molecular formula is C33H60N6O3.